The monoisotopic (exact) mass is 390 g/mol. The quantitative estimate of drug-likeness (QED) is 0.622. The van der Waals surface area contributed by atoms with Gasteiger partial charge in [-0.15, -0.1) is 0 Å². The summed E-state index contributed by atoms with van der Waals surface area (Å²) in [7, 11) is 0. The third-order valence-corrected chi connectivity index (χ3v) is 5.29. The summed E-state index contributed by atoms with van der Waals surface area (Å²) in [6, 6.07) is 12.2. The van der Waals surface area contributed by atoms with Crippen LogP contribution in [-0.4, -0.2) is 53.6 Å². The molecule has 3 heterocycles. The zero-order chi connectivity index (χ0) is 20.2. The first-order chi connectivity index (χ1) is 14.2. The fraction of sp³-hybridized carbons (Fsp3) is 0.348. The van der Waals surface area contributed by atoms with Gasteiger partial charge in [-0.05, 0) is 38.1 Å². The highest BCUT2D eigenvalue weighted by atomic mass is 16.5. The van der Waals surface area contributed by atoms with Gasteiger partial charge in [0.15, 0.2) is 0 Å². The summed E-state index contributed by atoms with van der Waals surface area (Å²) in [5.74, 6) is -0.311. The maximum atomic E-state index is 12.6. The minimum absolute atomic E-state index is 0.311. The molecule has 1 fully saturated rings. The van der Waals surface area contributed by atoms with E-state index in [2.05, 4.69) is 38.8 Å². The number of anilines is 1. The van der Waals surface area contributed by atoms with Crippen molar-refractivity contribution in [2.75, 3.05) is 37.7 Å². The molecule has 0 spiro atoms. The number of aryl methyl sites for hydroxylation is 1. The number of aromatic nitrogens is 2. The zero-order valence-corrected chi connectivity index (χ0v) is 17.0. The molecule has 0 radical (unpaired) electrons. The number of piperazine rings is 1. The van der Waals surface area contributed by atoms with E-state index >= 15 is 0 Å². The van der Waals surface area contributed by atoms with E-state index in [4.69, 9.17) is 4.74 Å². The summed E-state index contributed by atoms with van der Waals surface area (Å²) in [6.45, 7) is 8.58. The van der Waals surface area contributed by atoms with Crippen molar-refractivity contribution in [3.8, 4) is 0 Å². The lowest BCUT2D eigenvalue weighted by Crippen LogP contribution is -2.46. The van der Waals surface area contributed by atoms with Crippen LogP contribution >= 0.6 is 0 Å². The highest BCUT2D eigenvalue weighted by molar-refractivity contribution is 6.05. The molecule has 1 saturated heterocycles. The van der Waals surface area contributed by atoms with Crippen LogP contribution in [0.3, 0.4) is 0 Å². The summed E-state index contributed by atoms with van der Waals surface area (Å²) < 4.78 is 5.31. The highest BCUT2D eigenvalue weighted by Crippen LogP contribution is 2.32. The average Bonchev–Trinajstić information content (AvgIpc) is 2.74. The molecule has 2 aromatic heterocycles. The summed E-state index contributed by atoms with van der Waals surface area (Å²) in [4.78, 5) is 26.3. The number of hydrogen-bond donors (Lipinski definition) is 0. The summed E-state index contributed by atoms with van der Waals surface area (Å²) in [6.07, 6.45) is 3.49. The second-order valence-electron chi connectivity index (χ2n) is 7.35. The molecular weight excluding hydrogens is 364 g/mol. The molecule has 1 aromatic carbocycles. The number of rotatable bonds is 5. The van der Waals surface area contributed by atoms with Gasteiger partial charge in [0.05, 0.1) is 23.5 Å². The van der Waals surface area contributed by atoms with Gasteiger partial charge in [0.1, 0.15) is 5.56 Å². The molecule has 1 aliphatic heterocycles. The molecule has 6 nitrogen and oxygen atoms in total. The Bertz CT molecular complexity index is 998. The number of carbonyl (C=O) groups excluding carboxylic acids is 1. The van der Waals surface area contributed by atoms with Crippen LogP contribution in [0, 0.1) is 6.92 Å². The van der Waals surface area contributed by atoms with E-state index in [0.717, 1.165) is 60.6 Å². The average molecular weight is 390 g/mol. The van der Waals surface area contributed by atoms with Crippen LogP contribution in [0.1, 0.15) is 28.5 Å². The van der Waals surface area contributed by atoms with Gasteiger partial charge in [0.25, 0.3) is 0 Å². The number of benzene rings is 1. The van der Waals surface area contributed by atoms with Crippen LogP contribution < -0.4 is 4.90 Å². The van der Waals surface area contributed by atoms with Crippen molar-refractivity contribution >= 4 is 22.6 Å². The lowest BCUT2D eigenvalue weighted by atomic mass is 10.0. The number of carbonyl (C=O) groups is 1. The first-order valence-corrected chi connectivity index (χ1v) is 10.1. The number of ether oxygens (including phenoxy) is 1. The summed E-state index contributed by atoms with van der Waals surface area (Å²) >= 11 is 0. The summed E-state index contributed by atoms with van der Waals surface area (Å²) in [5, 5.41) is 1.01. The van der Waals surface area contributed by atoms with E-state index in [9.17, 15) is 4.79 Å². The SMILES string of the molecule is CCOC(=O)c1cnc2ccc(C)cc2c1N1CCN(Cc2ccccn2)CC1. The Labute approximate surface area is 171 Å². The normalized spacial score (nSPS) is 14.9. The molecule has 0 N–H and O–H groups in total. The van der Waals surface area contributed by atoms with Crippen molar-refractivity contribution in [1.29, 1.82) is 0 Å². The molecule has 0 saturated carbocycles. The number of fused-ring (bicyclic) bond motifs is 1. The smallest absolute Gasteiger partial charge is 0.341 e. The van der Waals surface area contributed by atoms with Gasteiger partial charge in [0, 0.05) is 50.5 Å². The molecule has 0 amide bonds. The maximum Gasteiger partial charge on any atom is 0.341 e. The Morgan fingerprint density at radius 1 is 1.10 bits per heavy atom. The Balaban J connectivity index is 1.61. The zero-order valence-electron chi connectivity index (χ0n) is 17.0. The third kappa shape index (κ3) is 4.22. The lowest BCUT2D eigenvalue weighted by Gasteiger charge is -2.37. The van der Waals surface area contributed by atoms with Crippen molar-refractivity contribution in [1.82, 2.24) is 14.9 Å². The van der Waals surface area contributed by atoms with Crippen molar-refractivity contribution in [3.05, 3.63) is 65.6 Å². The molecule has 29 heavy (non-hydrogen) atoms. The van der Waals surface area contributed by atoms with Crippen molar-refractivity contribution < 1.29 is 9.53 Å². The molecule has 6 heteroatoms. The number of esters is 1. The first-order valence-electron chi connectivity index (χ1n) is 10.1. The van der Waals surface area contributed by atoms with Crippen molar-refractivity contribution in [2.24, 2.45) is 0 Å². The Hall–Kier alpha value is -2.99. The van der Waals surface area contributed by atoms with E-state index in [-0.39, 0.29) is 5.97 Å². The van der Waals surface area contributed by atoms with Gasteiger partial charge in [-0.1, -0.05) is 17.7 Å². The minimum Gasteiger partial charge on any atom is -0.462 e. The topological polar surface area (TPSA) is 58.6 Å². The largest absolute Gasteiger partial charge is 0.462 e. The number of nitrogens with zero attached hydrogens (tertiary/aromatic N) is 4. The number of hydrogen-bond acceptors (Lipinski definition) is 6. The van der Waals surface area contributed by atoms with Gasteiger partial charge in [0.2, 0.25) is 0 Å². The molecule has 1 aliphatic rings. The van der Waals surface area contributed by atoms with E-state index < -0.39 is 0 Å². The highest BCUT2D eigenvalue weighted by Gasteiger charge is 2.25. The first kappa shape index (κ1) is 19.3. The van der Waals surface area contributed by atoms with Crippen LogP contribution in [0.2, 0.25) is 0 Å². The Morgan fingerprint density at radius 2 is 1.93 bits per heavy atom. The number of pyridine rings is 2. The van der Waals surface area contributed by atoms with E-state index in [1.807, 2.05) is 37.4 Å². The third-order valence-electron chi connectivity index (χ3n) is 5.29. The molecule has 150 valence electrons. The van der Waals surface area contributed by atoms with Crippen LogP contribution in [0.25, 0.3) is 10.9 Å². The van der Waals surface area contributed by atoms with Gasteiger partial charge >= 0.3 is 5.97 Å². The van der Waals surface area contributed by atoms with Crippen molar-refractivity contribution in [3.63, 3.8) is 0 Å². The Morgan fingerprint density at radius 3 is 2.66 bits per heavy atom. The van der Waals surface area contributed by atoms with Gasteiger partial charge in [-0.2, -0.15) is 0 Å². The summed E-state index contributed by atoms with van der Waals surface area (Å²) in [5.41, 5.74) is 4.61. The molecule has 0 atom stereocenters. The van der Waals surface area contributed by atoms with Gasteiger partial charge in [-0.3, -0.25) is 14.9 Å². The second-order valence-corrected chi connectivity index (χ2v) is 7.35. The van der Waals surface area contributed by atoms with Gasteiger partial charge < -0.3 is 9.64 Å². The van der Waals surface area contributed by atoms with Gasteiger partial charge in [-0.25, -0.2) is 4.79 Å². The molecule has 0 bridgehead atoms. The molecular formula is C23H26N4O2. The fourth-order valence-electron chi connectivity index (χ4n) is 3.84. The van der Waals surface area contributed by atoms with Crippen LogP contribution in [0.15, 0.2) is 48.8 Å². The van der Waals surface area contributed by atoms with E-state index in [0.29, 0.717) is 12.2 Å². The van der Waals surface area contributed by atoms with E-state index in [1.165, 1.54) is 0 Å². The Kier molecular flexibility index (Phi) is 5.71. The lowest BCUT2D eigenvalue weighted by molar-refractivity contribution is 0.0526. The second kappa shape index (κ2) is 8.57. The standard InChI is InChI=1S/C23H26N4O2/c1-3-29-23(28)20-15-25-21-8-7-17(2)14-19(21)22(20)27-12-10-26(11-13-27)16-18-6-4-5-9-24-18/h4-9,14-15H,3,10-13,16H2,1-2H3. The molecule has 0 aliphatic carbocycles. The van der Waals surface area contributed by atoms with Crippen LogP contribution in [-0.2, 0) is 11.3 Å². The fourth-order valence-corrected chi connectivity index (χ4v) is 3.84. The predicted octanol–water partition coefficient (Wildman–Crippen LogP) is 3.44. The minimum atomic E-state index is -0.311. The molecule has 0 unspecified atom stereocenters. The molecule has 4 rings (SSSR count). The van der Waals surface area contributed by atoms with Crippen LogP contribution in [0.4, 0.5) is 5.69 Å². The maximum absolute atomic E-state index is 12.6. The predicted molar refractivity (Wildman–Crippen MR) is 114 cm³/mol. The van der Waals surface area contributed by atoms with E-state index in [1.54, 1.807) is 6.20 Å². The molecule has 3 aromatic rings. The van der Waals surface area contributed by atoms with Crippen LogP contribution in [0.5, 0.6) is 0 Å². The van der Waals surface area contributed by atoms with Crippen molar-refractivity contribution in [2.45, 2.75) is 20.4 Å².